The largest absolute Gasteiger partial charge is 0.494 e. The van der Waals surface area contributed by atoms with Gasteiger partial charge in [0.2, 0.25) is 0 Å². The van der Waals surface area contributed by atoms with Gasteiger partial charge in [-0.15, -0.1) is 0 Å². The summed E-state index contributed by atoms with van der Waals surface area (Å²) in [5.41, 5.74) is 0.567. The van der Waals surface area contributed by atoms with Crippen LogP contribution in [-0.4, -0.2) is 44.2 Å². The third-order valence-electron chi connectivity index (χ3n) is 2.90. The molecule has 0 atom stereocenters. The highest BCUT2D eigenvalue weighted by Gasteiger charge is 2.15. The first-order valence-corrected chi connectivity index (χ1v) is 7.11. The molecule has 0 bridgehead atoms. The Morgan fingerprint density at radius 3 is 2.81 bits per heavy atom. The standard InChI is InChI=1S/C16H22N2O3/c1-3-11-21-15-7-4-6-14(13-15)16(19)18(9-5-8-17)10-12-20-2/h4,6-7,13H,3,5,9-12H2,1-2H3. The van der Waals surface area contributed by atoms with Crippen LogP contribution in [0.1, 0.15) is 30.1 Å². The lowest BCUT2D eigenvalue weighted by Crippen LogP contribution is -2.34. The van der Waals surface area contributed by atoms with Gasteiger partial charge in [-0.05, 0) is 24.6 Å². The Balaban J connectivity index is 2.79. The molecule has 1 rings (SSSR count). The zero-order valence-corrected chi connectivity index (χ0v) is 12.7. The molecule has 5 nitrogen and oxygen atoms in total. The van der Waals surface area contributed by atoms with Crippen molar-refractivity contribution in [1.29, 1.82) is 5.26 Å². The molecular weight excluding hydrogens is 268 g/mol. The second-order valence-corrected chi connectivity index (χ2v) is 4.57. The number of nitriles is 1. The highest BCUT2D eigenvalue weighted by molar-refractivity contribution is 5.94. The summed E-state index contributed by atoms with van der Waals surface area (Å²) in [6, 6.07) is 9.20. The number of carbonyl (C=O) groups is 1. The van der Waals surface area contributed by atoms with Crippen molar-refractivity contribution in [3.63, 3.8) is 0 Å². The van der Waals surface area contributed by atoms with Gasteiger partial charge < -0.3 is 14.4 Å². The zero-order chi connectivity index (χ0) is 15.5. The van der Waals surface area contributed by atoms with Crippen LogP contribution in [0.2, 0.25) is 0 Å². The van der Waals surface area contributed by atoms with Crippen molar-refractivity contribution >= 4 is 5.91 Å². The summed E-state index contributed by atoms with van der Waals surface area (Å²) >= 11 is 0. The maximum absolute atomic E-state index is 12.5. The van der Waals surface area contributed by atoms with E-state index in [0.29, 0.717) is 44.0 Å². The van der Waals surface area contributed by atoms with Crippen LogP contribution < -0.4 is 4.74 Å². The van der Waals surface area contributed by atoms with Gasteiger partial charge in [0.25, 0.3) is 5.91 Å². The molecule has 0 aliphatic rings. The molecular formula is C16H22N2O3. The minimum atomic E-state index is -0.107. The van der Waals surface area contributed by atoms with Crippen LogP contribution in [0.5, 0.6) is 5.75 Å². The minimum Gasteiger partial charge on any atom is -0.494 e. The molecule has 0 aromatic heterocycles. The third-order valence-corrected chi connectivity index (χ3v) is 2.90. The van der Waals surface area contributed by atoms with Crippen LogP contribution in [0, 0.1) is 11.3 Å². The second-order valence-electron chi connectivity index (χ2n) is 4.57. The predicted octanol–water partition coefficient (Wildman–Crippen LogP) is 2.48. The summed E-state index contributed by atoms with van der Waals surface area (Å²) in [6.07, 6.45) is 1.22. The maximum Gasteiger partial charge on any atom is 0.254 e. The van der Waals surface area contributed by atoms with Crippen LogP contribution in [0.25, 0.3) is 0 Å². The van der Waals surface area contributed by atoms with E-state index in [-0.39, 0.29) is 5.91 Å². The molecule has 0 saturated heterocycles. The number of carbonyl (C=O) groups excluding carboxylic acids is 1. The summed E-state index contributed by atoms with van der Waals surface area (Å²) in [7, 11) is 1.59. The van der Waals surface area contributed by atoms with Gasteiger partial charge in [-0.1, -0.05) is 13.0 Å². The molecule has 0 saturated carbocycles. The molecule has 114 valence electrons. The Labute approximate surface area is 126 Å². The number of methoxy groups -OCH3 is 1. The van der Waals surface area contributed by atoms with Crippen molar-refractivity contribution in [3.05, 3.63) is 29.8 Å². The van der Waals surface area contributed by atoms with Gasteiger partial charge in [0.05, 0.1) is 25.7 Å². The molecule has 21 heavy (non-hydrogen) atoms. The lowest BCUT2D eigenvalue weighted by molar-refractivity contribution is 0.0699. The van der Waals surface area contributed by atoms with Gasteiger partial charge in [-0.25, -0.2) is 0 Å². The average molecular weight is 290 g/mol. The summed E-state index contributed by atoms with van der Waals surface area (Å²) < 4.78 is 10.6. The highest BCUT2D eigenvalue weighted by atomic mass is 16.5. The van der Waals surface area contributed by atoms with E-state index in [0.717, 1.165) is 6.42 Å². The molecule has 0 spiro atoms. The molecule has 5 heteroatoms. The van der Waals surface area contributed by atoms with Crippen molar-refractivity contribution < 1.29 is 14.3 Å². The maximum atomic E-state index is 12.5. The monoisotopic (exact) mass is 290 g/mol. The Kier molecular flexibility index (Phi) is 7.92. The fourth-order valence-corrected chi connectivity index (χ4v) is 1.82. The summed E-state index contributed by atoms with van der Waals surface area (Å²) in [5, 5.41) is 8.69. The fourth-order valence-electron chi connectivity index (χ4n) is 1.82. The molecule has 0 N–H and O–H groups in total. The van der Waals surface area contributed by atoms with E-state index in [9.17, 15) is 4.79 Å². The van der Waals surface area contributed by atoms with Gasteiger partial charge in [-0.3, -0.25) is 4.79 Å². The molecule has 0 fully saturated rings. The quantitative estimate of drug-likeness (QED) is 0.701. The van der Waals surface area contributed by atoms with Crippen LogP contribution in [0.4, 0.5) is 0 Å². The summed E-state index contributed by atoms with van der Waals surface area (Å²) in [5.74, 6) is 0.582. The van der Waals surface area contributed by atoms with Gasteiger partial charge in [0, 0.05) is 25.8 Å². The predicted molar refractivity (Wildman–Crippen MR) is 80.2 cm³/mol. The van der Waals surface area contributed by atoms with E-state index < -0.39 is 0 Å². The van der Waals surface area contributed by atoms with Gasteiger partial charge >= 0.3 is 0 Å². The Hall–Kier alpha value is -2.06. The van der Waals surface area contributed by atoms with Crippen molar-refractivity contribution in [1.82, 2.24) is 4.90 Å². The number of benzene rings is 1. The molecule has 0 aliphatic carbocycles. The first-order chi connectivity index (χ1) is 10.2. The van der Waals surface area contributed by atoms with Crippen molar-refractivity contribution in [2.24, 2.45) is 0 Å². The molecule has 0 radical (unpaired) electrons. The van der Waals surface area contributed by atoms with Gasteiger partial charge in [0.15, 0.2) is 0 Å². The smallest absolute Gasteiger partial charge is 0.254 e. The Bertz CT molecular complexity index is 483. The summed E-state index contributed by atoms with van der Waals surface area (Å²) in [4.78, 5) is 14.1. The number of hydrogen-bond donors (Lipinski definition) is 0. The fraction of sp³-hybridized carbons (Fsp3) is 0.500. The molecule has 1 aromatic carbocycles. The molecule has 0 aliphatic heterocycles. The van der Waals surface area contributed by atoms with E-state index in [1.165, 1.54) is 0 Å². The highest BCUT2D eigenvalue weighted by Crippen LogP contribution is 2.15. The molecule has 0 heterocycles. The van der Waals surface area contributed by atoms with Gasteiger partial charge in [0.1, 0.15) is 5.75 Å². The number of ether oxygens (including phenoxy) is 2. The first-order valence-electron chi connectivity index (χ1n) is 7.11. The number of nitrogens with zero attached hydrogens (tertiary/aromatic N) is 2. The van der Waals surface area contributed by atoms with E-state index in [2.05, 4.69) is 6.07 Å². The third kappa shape index (κ3) is 5.84. The van der Waals surface area contributed by atoms with Crippen molar-refractivity contribution in [2.45, 2.75) is 19.8 Å². The number of rotatable bonds is 9. The van der Waals surface area contributed by atoms with Crippen LogP contribution in [0.15, 0.2) is 24.3 Å². The van der Waals surface area contributed by atoms with E-state index in [4.69, 9.17) is 14.7 Å². The normalized spacial score (nSPS) is 9.95. The SMILES string of the molecule is CCCOc1cccc(C(=O)N(CCC#N)CCOC)c1. The van der Waals surface area contributed by atoms with Crippen molar-refractivity contribution in [3.8, 4) is 11.8 Å². The lowest BCUT2D eigenvalue weighted by atomic mass is 10.2. The zero-order valence-electron chi connectivity index (χ0n) is 12.7. The van der Waals surface area contributed by atoms with Crippen LogP contribution >= 0.6 is 0 Å². The minimum absolute atomic E-state index is 0.107. The molecule has 1 aromatic rings. The lowest BCUT2D eigenvalue weighted by Gasteiger charge is -2.21. The number of hydrogen-bond acceptors (Lipinski definition) is 4. The molecule has 0 unspecified atom stereocenters. The first kappa shape index (κ1) is 17.0. The van der Waals surface area contributed by atoms with E-state index in [1.54, 1.807) is 30.2 Å². The Morgan fingerprint density at radius 1 is 1.33 bits per heavy atom. The van der Waals surface area contributed by atoms with Gasteiger partial charge in [-0.2, -0.15) is 5.26 Å². The average Bonchev–Trinajstić information content (AvgIpc) is 2.53. The number of amides is 1. The molecule has 1 amide bonds. The van der Waals surface area contributed by atoms with Crippen LogP contribution in [0.3, 0.4) is 0 Å². The van der Waals surface area contributed by atoms with Crippen LogP contribution in [-0.2, 0) is 4.74 Å². The van der Waals surface area contributed by atoms with E-state index in [1.807, 2.05) is 13.0 Å². The Morgan fingerprint density at radius 2 is 2.14 bits per heavy atom. The topological polar surface area (TPSA) is 62.6 Å². The summed E-state index contributed by atoms with van der Waals surface area (Å²) in [6.45, 7) is 3.97. The second kappa shape index (κ2) is 9.78. The van der Waals surface area contributed by atoms with E-state index >= 15 is 0 Å². The van der Waals surface area contributed by atoms with Crippen molar-refractivity contribution in [2.75, 3.05) is 33.4 Å².